The third-order valence-electron chi connectivity index (χ3n) is 6.57. The summed E-state index contributed by atoms with van der Waals surface area (Å²) >= 11 is 0. The molecule has 1 aliphatic rings. The number of ether oxygens (including phenoxy) is 1. The predicted molar refractivity (Wildman–Crippen MR) is 135 cm³/mol. The number of anilines is 1. The lowest BCUT2D eigenvalue weighted by atomic mass is 10.1. The van der Waals surface area contributed by atoms with E-state index in [-0.39, 0.29) is 29.8 Å². The molecular formula is C26H26F2N6O3. The lowest BCUT2D eigenvalue weighted by molar-refractivity contribution is -0.119. The van der Waals surface area contributed by atoms with Gasteiger partial charge in [-0.2, -0.15) is 8.78 Å². The first-order chi connectivity index (χ1) is 17.8. The van der Waals surface area contributed by atoms with Gasteiger partial charge in [0, 0.05) is 37.1 Å². The van der Waals surface area contributed by atoms with Crippen LogP contribution in [-0.4, -0.2) is 44.4 Å². The predicted octanol–water partition coefficient (Wildman–Crippen LogP) is 3.31. The molecule has 2 N–H and O–H groups in total. The average Bonchev–Trinajstić information content (AvgIpc) is 3.40. The average molecular weight is 509 g/mol. The van der Waals surface area contributed by atoms with Gasteiger partial charge < -0.3 is 15.4 Å². The number of carbonyl (C=O) groups excluding carboxylic acids is 1. The standard InChI is InChI=1S/C26H26F2N6O3/c1-3-15-4-7-22(37-25(27)28)17(10-15)14-34-21-11-16(5-6-19(21)24(36)33(34)2)18-12-30-26(31-13-18)32-20-8-9-29-23(20)35/h4-7,10-13,20,25H,3,8-9,14H2,1-2H3,(H,29,35)(H,30,31,32). The number of alkyl halides is 2. The molecule has 0 spiro atoms. The zero-order valence-corrected chi connectivity index (χ0v) is 20.4. The van der Waals surface area contributed by atoms with Crippen molar-refractivity contribution in [1.82, 2.24) is 24.6 Å². The van der Waals surface area contributed by atoms with Crippen LogP contribution in [0.2, 0.25) is 0 Å². The molecule has 1 atom stereocenters. The maximum atomic E-state index is 13.0. The van der Waals surface area contributed by atoms with Gasteiger partial charge in [0.2, 0.25) is 11.9 Å². The van der Waals surface area contributed by atoms with Crippen LogP contribution in [-0.2, 0) is 24.8 Å². The molecule has 192 valence electrons. The van der Waals surface area contributed by atoms with Crippen molar-refractivity contribution in [3.8, 4) is 16.9 Å². The number of halogens is 2. The molecule has 1 aliphatic heterocycles. The maximum absolute atomic E-state index is 13.0. The SMILES string of the molecule is CCc1ccc(OC(F)F)c(Cn2c3cc(-c4cnc(NC5CCNC5=O)nc4)ccc3c(=O)n2C)c1. The molecule has 1 amide bonds. The van der Waals surface area contributed by atoms with E-state index in [1.807, 2.05) is 25.1 Å². The summed E-state index contributed by atoms with van der Waals surface area (Å²) in [5.74, 6) is 0.350. The Bertz CT molecular complexity index is 1510. The van der Waals surface area contributed by atoms with Gasteiger partial charge >= 0.3 is 6.61 Å². The molecule has 2 aromatic carbocycles. The molecule has 2 aromatic heterocycles. The fourth-order valence-corrected chi connectivity index (χ4v) is 4.53. The summed E-state index contributed by atoms with van der Waals surface area (Å²) in [5, 5.41) is 6.29. The van der Waals surface area contributed by atoms with Crippen molar-refractivity contribution in [1.29, 1.82) is 0 Å². The van der Waals surface area contributed by atoms with E-state index < -0.39 is 6.61 Å². The molecule has 0 saturated carbocycles. The minimum absolute atomic E-state index is 0.0742. The fraction of sp³-hybridized carbons (Fsp3) is 0.308. The van der Waals surface area contributed by atoms with Gasteiger partial charge in [-0.15, -0.1) is 0 Å². The summed E-state index contributed by atoms with van der Waals surface area (Å²) in [5.41, 5.74) is 3.46. The molecule has 9 nitrogen and oxygen atoms in total. The molecule has 4 aromatic rings. The van der Waals surface area contributed by atoms with E-state index in [0.717, 1.165) is 23.1 Å². The Morgan fingerprint density at radius 3 is 2.59 bits per heavy atom. The largest absolute Gasteiger partial charge is 0.434 e. The van der Waals surface area contributed by atoms with Crippen molar-refractivity contribution >= 4 is 22.8 Å². The van der Waals surface area contributed by atoms with Crippen LogP contribution < -0.4 is 20.9 Å². The summed E-state index contributed by atoms with van der Waals surface area (Å²) in [6.45, 7) is -0.197. The number of aromatic nitrogens is 4. The molecule has 11 heteroatoms. The van der Waals surface area contributed by atoms with E-state index in [0.29, 0.717) is 35.4 Å². The smallest absolute Gasteiger partial charge is 0.387 e. The lowest BCUT2D eigenvalue weighted by Gasteiger charge is -2.15. The third kappa shape index (κ3) is 4.89. The monoisotopic (exact) mass is 508 g/mol. The zero-order chi connectivity index (χ0) is 26.1. The van der Waals surface area contributed by atoms with Gasteiger partial charge in [0.05, 0.1) is 17.4 Å². The molecule has 0 radical (unpaired) electrons. The minimum atomic E-state index is -2.96. The topological polar surface area (TPSA) is 103 Å². The maximum Gasteiger partial charge on any atom is 0.387 e. The highest BCUT2D eigenvalue weighted by Gasteiger charge is 2.24. The van der Waals surface area contributed by atoms with Crippen molar-refractivity contribution in [3.63, 3.8) is 0 Å². The molecule has 3 heterocycles. The Hall–Kier alpha value is -4.28. The number of rotatable bonds is 8. The Morgan fingerprint density at radius 1 is 1.14 bits per heavy atom. The number of aryl methyl sites for hydroxylation is 1. The van der Waals surface area contributed by atoms with Gasteiger partial charge in [-0.1, -0.05) is 25.1 Å². The highest BCUT2D eigenvalue weighted by atomic mass is 19.3. The number of fused-ring (bicyclic) bond motifs is 1. The van der Waals surface area contributed by atoms with Crippen LogP contribution in [0.15, 0.2) is 53.6 Å². The highest BCUT2D eigenvalue weighted by molar-refractivity contribution is 5.86. The second kappa shape index (κ2) is 10.00. The van der Waals surface area contributed by atoms with Gasteiger partial charge in [0.25, 0.3) is 5.56 Å². The molecule has 37 heavy (non-hydrogen) atoms. The molecule has 0 bridgehead atoms. The first-order valence-electron chi connectivity index (χ1n) is 12.0. The minimum Gasteiger partial charge on any atom is -0.434 e. The Morgan fingerprint density at radius 2 is 1.92 bits per heavy atom. The van der Waals surface area contributed by atoms with Gasteiger partial charge in [0.1, 0.15) is 11.8 Å². The summed E-state index contributed by atoms with van der Waals surface area (Å²) in [7, 11) is 1.64. The molecule has 1 fully saturated rings. The van der Waals surface area contributed by atoms with E-state index in [1.165, 1.54) is 10.7 Å². The number of nitrogens with zero attached hydrogens (tertiary/aromatic N) is 4. The van der Waals surface area contributed by atoms with E-state index in [9.17, 15) is 18.4 Å². The first kappa shape index (κ1) is 24.4. The third-order valence-corrected chi connectivity index (χ3v) is 6.57. The van der Waals surface area contributed by atoms with Crippen LogP contribution in [0.25, 0.3) is 22.0 Å². The molecular weight excluding hydrogens is 482 g/mol. The second-order valence-corrected chi connectivity index (χ2v) is 8.86. The fourth-order valence-electron chi connectivity index (χ4n) is 4.53. The number of hydrogen-bond acceptors (Lipinski definition) is 6. The van der Waals surface area contributed by atoms with E-state index in [1.54, 1.807) is 36.3 Å². The van der Waals surface area contributed by atoms with Crippen LogP contribution in [0.4, 0.5) is 14.7 Å². The van der Waals surface area contributed by atoms with Crippen LogP contribution in [0.3, 0.4) is 0 Å². The molecule has 5 rings (SSSR count). The van der Waals surface area contributed by atoms with Crippen molar-refractivity contribution in [3.05, 3.63) is 70.3 Å². The lowest BCUT2D eigenvalue weighted by Crippen LogP contribution is -2.30. The van der Waals surface area contributed by atoms with Gasteiger partial charge in [-0.05, 0) is 42.2 Å². The first-order valence-corrected chi connectivity index (χ1v) is 12.0. The van der Waals surface area contributed by atoms with Crippen LogP contribution in [0.5, 0.6) is 5.75 Å². The number of hydrogen-bond donors (Lipinski definition) is 2. The highest BCUT2D eigenvalue weighted by Crippen LogP contribution is 2.27. The van der Waals surface area contributed by atoms with Gasteiger partial charge in [-0.25, -0.2) is 9.97 Å². The Balaban J connectivity index is 1.49. The Kier molecular flexibility index (Phi) is 6.60. The normalized spacial score (nSPS) is 15.4. The van der Waals surface area contributed by atoms with Crippen LogP contribution >= 0.6 is 0 Å². The number of amides is 1. The number of carbonyl (C=O) groups is 1. The summed E-state index contributed by atoms with van der Waals surface area (Å²) in [6, 6.07) is 10.2. The van der Waals surface area contributed by atoms with E-state index in [4.69, 9.17) is 4.74 Å². The quantitative estimate of drug-likeness (QED) is 0.379. The van der Waals surface area contributed by atoms with Crippen molar-refractivity contribution in [2.75, 3.05) is 11.9 Å². The van der Waals surface area contributed by atoms with Crippen molar-refractivity contribution in [2.24, 2.45) is 7.05 Å². The van der Waals surface area contributed by atoms with Crippen molar-refractivity contribution in [2.45, 2.75) is 39.0 Å². The Labute approximate surface area is 211 Å². The summed E-state index contributed by atoms with van der Waals surface area (Å²) in [6.07, 6.45) is 4.69. The summed E-state index contributed by atoms with van der Waals surface area (Å²) in [4.78, 5) is 33.4. The number of benzene rings is 2. The van der Waals surface area contributed by atoms with E-state index in [2.05, 4.69) is 20.6 Å². The molecule has 1 saturated heterocycles. The van der Waals surface area contributed by atoms with Crippen molar-refractivity contribution < 1.29 is 18.3 Å². The second-order valence-electron chi connectivity index (χ2n) is 8.86. The molecule has 0 aliphatic carbocycles. The van der Waals surface area contributed by atoms with Gasteiger partial charge in [-0.3, -0.25) is 19.0 Å². The summed E-state index contributed by atoms with van der Waals surface area (Å²) < 4.78 is 34.0. The number of nitrogens with one attached hydrogen (secondary N) is 2. The zero-order valence-electron chi connectivity index (χ0n) is 20.4. The molecule has 1 unspecified atom stereocenters. The van der Waals surface area contributed by atoms with Gasteiger partial charge in [0.15, 0.2) is 0 Å². The van der Waals surface area contributed by atoms with Crippen LogP contribution in [0, 0.1) is 0 Å². The van der Waals surface area contributed by atoms with Crippen LogP contribution in [0.1, 0.15) is 24.5 Å². The van der Waals surface area contributed by atoms with E-state index >= 15 is 0 Å².